The van der Waals surface area contributed by atoms with Crippen molar-refractivity contribution in [1.82, 2.24) is 5.32 Å². The fourth-order valence-electron chi connectivity index (χ4n) is 2.79. The Morgan fingerprint density at radius 2 is 1.76 bits per heavy atom. The number of non-ortho nitro benzene ring substituents is 1. The van der Waals surface area contributed by atoms with Crippen LogP contribution in [0.4, 0.5) is 11.4 Å². The first-order valence-electron chi connectivity index (χ1n) is 5.98. The summed E-state index contributed by atoms with van der Waals surface area (Å²) in [6.07, 6.45) is 2.49. The highest BCUT2D eigenvalue weighted by molar-refractivity contribution is 5.51. The van der Waals surface area contributed by atoms with E-state index in [4.69, 9.17) is 0 Å². The van der Waals surface area contributed by atoms with Crippen LogP contribution in [-0.4, -0.2) is 30.1 Å². The SMILES string of the molecule is O=[N+]([O-])c1ccc(N2CC3CCC(C2)N3)cc1. The Bertz CT molecular complexity index is 420. The first-order chi connectivity index (χ1) is 8.22. The average Bonchev–Trinajstić information content (AvgIpc) is 2.68. The Labute approximate surface area is 99.6 Å². The van der Waals surface area contributed by atoms with Crippen molar-refractivity contribution in [1.29, 1.82) is 0 Å². The average molecular weight is 233 g/mol. The summed E-state index contributed by atoms with van der Waals surface area (Å²) in [6, 6.07) is 8.04. The molecular formula is C12H15N3O2. The smallest absolute Gasteiger partial charge is 0.269 e. The standard InChI is InChI=1S/C12H15N3O2/c16-15(17)12-5-3-11(4-6-12)14-7-9-1-2-10(8-14)13-9/h3-6,9-10,13H,1-2,7-8H2. The van der Waals surface area contributed by atoms with Gasteiger partial charge < -0.3 is 10.2 Å². The van der Waals surface area contributed by atoms with Gasteiger partial charge in [-0.05, 0) is 25.0 Å². The molecule has 1 aromatic carbocycles. The lowest BCUT2D eigenvalue weighted by molar-refractivity contribution is -0.384. The molecule has 0 aromatic heterocycles. The lowest BCUT2D eigenvalue weighted by Gasteiger charge is -2.34. The summed E-state index contributed by atoms with van der Waals surface area (Å²) in [5.41, 5.74) is 1.25. The van der Waals surface area contributed by atoms with E-state index in [1.807, 2.05) is 12.1 Å². The summed E-state index contributed by atoms with van der Waals surface area (Å²) in [5, 5.41) is 14.2. The molecule has 2 fully saturated rings. The van der Waals surface area contributed by atoms with Gasteiger partial charge in [-0.2, -0.15) is 0 Å². The van der Waals surface area contributed by atoms with E-state index >= 15 is 0 Å². The van der Waals surface area contributed by atoms with Crippen LogP contribution in [0.5, 0.6) is 0 Å². The molecule has 0 saturated carbocycles. The maximum atomic E-state index is 10.6. The zero-order chi connectivity index (χ0) is 11.8. The van der Waals surface area contributed by atoms with Crippen LogP contribution < -0.4 is 10.2 Å². The van der Waals surface area contributed by atoms with Gasteiger partial charge in [0.05, 0.1) is 4.92 Å². The second kappa shape index (κ2) is 4.00. The molecule has 2 unspecified atom stereocenters. The molecule has 5 nitrogen and oxygen atoms in total. The summed E-state index contributed by atoms with van der Waals surface area (Å²) in [6.45, 7) is 2.02. The molecule has 1 N–H and O–H groups in total. The topological polar surface area (TPSA) is 58.4 Å². The number of anilines is 1. The van der Waals surface area contributed by atoms with E-state index in [2.05, 4.69) is 10.2 Å². The maximum Gasteiger partial charge on any atom is 0.269 e. The van der Waals surface area contributed by atoms with Crippen LogP contribution in [0.1, 0.15) is 12.8 Å². The Kier molecular flexibility index (Phi) is 2.48. The van der Waals surface area contributed by atoms with Crippen molar-refractivity contribution in [2.24, 2.45) is 0 Å². The molecule has 0 aliphatic carbocycles. The third-order valence-electron chi connectivity index (χ3n) is 3.64. The third-order valence-corrected chi connectivity index (χ3v) is 3.64. The van der Waals surface area contributed by atoms with E-state index in [1.165, 1.54) is 12.8 Å². The Morgan fingerprint density at radius 1 is 1.18 bits per heavy atom. The van der Waals surface area contributed by atoms with Gasteiger partial charge in [-0.15, -0.1) is 0 Å². The fraction of sp³-hybridized carbons (Fsp3) is 0.500. The number of benzene rings is 1. The summed E-state index contributed by atoms with van der Waals surface area (Å²) < 4.78 is 0. The van der Waals surface area contributed by atoms with Gasteiger partial charge in [-0.1, -0.05) is 0 Å². The number of hydrogen-bond donors (Lipinski definition) is 1. The minimum absolute atomic E-state index is 0.159. The van der Waals surface area contributed by atoms with Crippen LogP contribution in [0.25, 0.3) is 0 Å². The molecule has 2 aliphatic rings. The number of rotatable bonds is 2. The first-order valence-corrected chi connectivity index (χ1v) is 5.98. The van der Waals surface area contributed by atoms with E-state index in [0.717, 1.165) is 18.8 Å². The number of fused-ring (bicyclic) bond motifs is 2. The first kappa shape index (κ1) is 10.5. The van der Waals surface area contributed by atoms with Crippen molar-refractivity contribution < 1.29 is 4.92 Å². The number of nitrogens with zero attached hydrogens (tertiary/aromatic N) is 2. The van der Waals surface area contributed by atoms with Gasteiger partial charge in [0.15, 0.2) is 0 Å². The van der Waals surface area contributed by atoms with Crippen molar-refractivity contribution in [2.75, 3.05) is 18.0 Å². The molecule has 17 heavy (non-hydrogen) atoms. The second-order valence-electron chi connectivity index (χ2n) is 4.82. The Hall–Kier alpha value is -1.62. The van der Waals surface area contributed by atoms with Gasteiger partial charge in [0.2, 0.25) is 0 Å². The van der Waals surface area contributed by atoms with Crippen LogP contribution in [-0.2, 0) is 0 Å². The molecule has 0 radical (unpaired) electrons. The molecular weight excluding hydrogens is 218 g/mol. The molecule has 5 heteroatoms. The van der Waals surface area contributed by atoms with Gasteiger partial charge in [-0.3, -0.25) is 10.1 Å². The van der Waals surface area contributed by atoms with Crippen LogP contribution in [0.2, 0.25) is 0 Å². The van der Waals surface area contributed by atoms with Crippen LogP contribution in [0.15, 0.2) is 24.3 Å². The molecule has 2 atom stereocenters. The molecule has 2 heterocycles. The minimum atomic E-state index is -0.356. The number of nitro benzene ring substituents is 1. The van der Waals surface area contributed by atoms with Crippen molar-refractivity contribution >= 4 is 11.4 Å². The van der Waals surface area contributed by atoms with Gasteiger partial charge >= 0.3 is 0 Å². The summed E-state index contributed by atoms with van der Waals surface area (Å²) >= 11 is 0. The van der Waals surface area contributed by atoms with E-state index in [9.17, 15) is 10.1 Å². The number of hydrogen-bond acceptors (Lipinski definition) is 4. The number of nitro groups is 1. The molecule has 2 bridgehead atoms. The lowest BCUT2D eigenvalue weighted by atomic mass is 10.2. The predicted molar refractivity (Wildman–Crippen MR) is 65.3 cm³/mol. The van der Waals surface area contributed by atoms with Crippen LogP contribution in [0.3, 0.4) is 0 Å². The largest absolute Gasteiger partial charge is 0.368 e. The van der Waals surface area contributed by atoms with Gasteiger partial charge in [-0.25, -0.2) is 0 Å². The zero-order valence-electron chi connectivity index (χ0n) is 9.50. The van der Waals surface area contributed by atoms with E-state index < -0.39 is 0 Å². The minimum Gasteiger partial charge on any atom is -0.368 e. The van der Waals surface area contributed by atoms with Crippen molar-refractivity contribution in [2.45, 2.75) is 24.9 Å². The van der Waals surface area contributed by atoms with E-state index in [-0.39, 0.29) is 10.6 Å². The van der Waals surface area contributed by atoms with Crippen LogP contribution >= 0.6 is 0 Å². The predicted octanol–water partition coefficient (Wildman–Crippen LogP) is 1.54. The fourth-order valence-corrected chi connectivity index (χ4v) is 2.79. The van der Waals surface area contributed by atoms with Gasteiger partial charge in [0.25, 0.3) is 5.69 Å². The van der Waals surface area contributed by atoms with E-state index in [1.54, 1.807) is 12.1 Å². The van der Waals surface area contributed by atoms with Crippen molar-refractivity contribution in [3.05, 3.63) is 34.4 Å². The highest BCUT2D eigenvalue weighted by atomic mass is 16.6. The summed E-state index contributed by atoms with van der Waals surface area (Å²) in [5.74, 6) is 0. The highest BCUT2D eigenvalue weighted by Crippen LogP contribution is 2.26. The number of piperazine rings is 1. The number of nitrogens with one attached hydrogen (secondary N) is 1. The molecule has 2 saturated heterocycles. The molecule has 0 amide bonds. The molecule has 1 aromatic rings. The van der Waals surface area contributed by atoms with Gasteiger partial charge in [0, 0.05) is 43.0 Å². The Morgan fingerprint density at radius 3 is 2.29 bits per heavy atom. The molecule has 2 aliphatic heterocycles. The van der Waals surface area contributed by atoms with Crippen molar-refractivity contribution in [3.63, 3.8) is 0 Å². The Balaban J connectivity index is 1.78. The quantitative estimate of drug-likeness (QED) is 0.621. The summed E-state index contributed by atoms with van der Waals surface area (Å²) in [7, 11) is 0. The second-order valence-corrected chi connectivity index (χ2v) is 4.82. The van der Waals surface area contributed by atoms with Crippen molar-refractivity contribution in [3.8, 4) is 0 Å². The summed E-state index contributed by atoms with van der Waals surface area (Å²) in [4.78, 5) is 12.6. The van der Waals surface area contributed by atoms with Crippen LogP contribution in [0, 0.1) is 10.1 Å². The van der Waals surface area contributed by atoms with E-state index in [0.29, 0.717) is 12.1 Å². The monoisotopic (exact) mass is 233 g/mol. The molecule has 3 rings (SSSR count). The molecule has 90 valence electrons. The maximum absolute atomic E-state index is 10.6. The molecule has 0 spiro atoms. The van der Waals surface area contributed by atoms with Gasteiger partial charge in [0.1, 0.15) is 0 Å². The highest BCUT2D eigenvalue weighted by Gasteiger charge is 2.32. The lowest BCUT2D eigenvalue weighted by Crippen LogP contribution is -2.51. The normalized spacial score (nSPS) is 27.2. The zero-order valence-corrected chi connectivity index (χ0v) is 9.50. The third kappa shape index (κ3) is 1.98.